The second kappa shape index (κ2) is 9.32. The molecule has 1 fully saturated rings. The predicted molar refractivity (Wildman–Crippen MR) is 107 cm³/mol. The number of hydrogen-bond acceptors (Lipinski definition) is 6. The van der Waals surface area contributed by atoms with Crippen molar-refractivity contribution in [2.45, 2.75) is 13.0 Å². The van der Waals surface area contributed by atoms with Crippen LogP contribution in [0.5, 0.6) is 0 Å². The van der Waals surface area contributed by atoms with Crippen LogP contribution in [0.25, 0.3) is 11.1 Å². The number of hydrogen-bond donors (Lipinski definition) is 2. The van der Waals surface area contributed by atoms with Crippen molar-refractivity contribution in [3.8, 4) is 11.1 Å². The van der Waals surface area contributed by atoms with Crippen molar-refractivity contribution < 1.29 is 27.5 Å². The Balaban J connectivity index is 1.86. The normalized spacial score (nSPS) is 12.9. The number of aromatic nitrogens is 1. The van der Waals surface area contributed by atoms with Gasteiger partial charge in [0.25, 0.3) is 6.43 Å². The number of carbonyl (C=O) groups is 1. The minimum Gasteiger partial charge on any atom is -0.443 e. The summed E-state index contributed by atoms with van der Waals surface area (Å²) in [5.74, 6) is -1.14. The molecule has 1 aromatic carbocycles. The van der Waals surface area contributed by atoms with Gasteiger partial charge in [-0.15, -0.1) is 4.99 Å². The summed E-state index contributed by atoms with van der Waals surface area (Å²) in [5, 5.41) is 3.76. The lowest BCUT2D eigenvalue weighted by Crippen LogP contribution is -2.48. The topological polar surface area (TPSA) is 128 Å². The van der Waals surface area contributed by atoms with Crippen molar-refractivity contribution in [2.24, 2.45) is 21.6 Å². The largest absolute Gasteiger partial charge is 0.443 e. The van der Waals surface area contributed by atoms with E-state index in [2.05, 4.69) is 20.0 Å². The molecule has 2 aromatic rings. The zero-order valence-electron chi connectivity index (χ0n) is 16.4. The molecule has 4 N–H and O–H groups in total. The fourth-order valence-electron chi connectivity index (χ4n) is 2.97. The van der Waals surface area contributed by atoms with E-state index in [9.17, 15) is 18.0 Å². The Hall–Kier alpha value is -3.83. The van der Waals surface area contributed by atoms with Gasteiger partial charge in [-0.1, -0.05) is 23.4 Å². The SMILES string of the molecule is CON=C1CN(c2ncc(-c3cccc(COC(=O)N=C(N)N)c3F)cc2C(F)F)C1. The van der Waals surface area contributed by atoms with Gasteiger partial charge in [-0.25, -0.2) is 22.9 Å². The van der Waals surface area contributed by atoms with Gasteiger partial charge in [0.2, 0.25) is 0 Å². The van der Waals surface area contributed by atoms with Gasteiger partial charge in [-0.05, 0) is 6.07 Å². The molecule has 3 rings (SSSR count). The van der Waals surface area contributed by atoms with Crippen LogP contribution in [-0.4, -0.2) is 42.9 Å². The molecule has 12 heteroatoms. The van der Waals surface area contributed by atoms with E-state index in [1.165, 1.54) is 37.6 Å². The number of aliphatic imine (C=N–C) groups is 1. The molecule has 31 heavy (non-hydrogen) atoms. The molecule has 0 aliphatic carbocycles. The standard InChI is InChI=1S/C19H19F3N6O3/c1-30-27-12-7-28(8-12)17-14(16(21)22)5-11(6-25-17)13-4-2-3-10(15(13)20)9-31-19(29)26-18(23)24/h2-6,16H,7-9H2,1H3,(H4,23,24,26,29). The Labute approximate surface area is 175 Å². The molecule has 0 atom stereocenters. The lowest BCUT2D eigenvalue weighted by Gasteiger charge is -2.34. The number of oxime groups is 1. The van der Waals surface area contributed by atoms with Gasteiger partial charge in [-0.3, -0.25) is 0 Å². The average Bonchev–Trinajstić information content (AvgIpc) is 2.69. The van der Waals surface area contributed by atoms with Crippen LogP contribution in [0, 0.1) is 5.82 Å². The Morgan fingerprint density at radius 3 is 2.71 bits per heavy atom. The zero-order valence-corrected chi connectivity index (χ0v) is 16.4. The van der Waals surface area contributed by atoms with Crippen LogP contribution in [0.4, 0.5) is 23.8 Å². The van der Waals surface area contributed by atoms with Gasteiger partial charge in [0.1, 0.15) is 25.4 Å². The summed E-state index contributed by atoms with van der Waals surface area (Å²) in [5.41, 5.74) is 10.7. The van der Waals surface area contributed by atoms with Crippen LogP contribution in [-0.2, 0) is 16.2 Å². The maximum Gasteiger partial charge on any atom is 0.437 e. The molecule has 1 aliphatic heterocycles. The average molecular weight is 436 g/mol. The minimum atomic E-state index is -2.82. The number of benzene rings is 1. The molecule has 0 spiro atoms. The molecule has 0 bridgehead atoms. The number of halogens is 3. The number of guanidine groups is 1. The van der Waals surface area contributed by atoms with Crippen LogP contribution >= 0.6 is 0 Å². The van der Waals surface area contributed by atoms with Gasteiger partial charge in [-0.2, -0.15) is 0 Å². The lowest BCUT2D eigenvalue weighted by atomic mass is 10.0. The van der Waals surface area contributed by atoms with Gasteiger partial charge < -0.3 is 25.9 Å². The highest BCUT2D eigenvalue weighted by Gasteiger charge is 2.29. The highest BCUT2D eigenvalue weighted by Crippen LogP contribution is 2.34. The molecule has 0 unspecified atom stereocenters. The van der Waals surface area contributed by atoms with Crippen molar-refractivity contribution >= 4 is 23.6 Å². The van der Waals surface area contributed by atoms with E-state index in [1.54, 1.807) is 4.90 Å². The van der Waals surface area contributed by atoms with Crippen LogP contribution in [0.15, 0.2) is 40.6 Å². The number of amides is 1. The molecular weight excluding hydrogens is 417 g/mol. The highest BCUT2D eigenvalue weighted by atomic mass is 19.3. The second-order valence-electron chi connectivity index (χ2n) is 6.50. The molecule has 0 saturated carbocycles. The number of alkyl halides is 2. The quantitative estimate of drug-likeness (QED) is 0.405. The third kappa shape index (κ3) is 5.02. The first kappa shape index (κ1) is 21.9. The fourth-order valence-corrected chi connectivity index (χ4v) is 2.97. The Morgan fingerprint density at radius 1 is 1.32 bits per heavy atom. The Morgan fingerprint density at radius 2 is 2.06 bits per heavy atom. The van der Waals surface area contributed by atoms with Crippen molar-refractivity contribution in [2.75, 3.05) is 25.1 Å². The number of nitrogens with two attached hydrogens (primary N) is 2. The van der Waals surface area contributed by atoms with E-state index >= 15 is 0 Å². The molecule has 0 radical (unpaired) electrons. The van der Waals surface area contributed by atoms with Gasteiger partial charge in [0, 0.05) is 22.9 Å². The van der Waals surface area contributed by atoms with E-state index in [1.807, 2.05) is 0 Å². The smallest absolute Gasteiger partial charge is 0.437 e. The molecule has 1 aromatic heterocycles. The van der Waals surface area contributed by atoms with E-state index in [-0.39, 0.29) is 28.1 Å². The third-order valence-corrected chi connectivity index (χ3v) is 4.36. The van der Waals surface area contributed by atoms with E-state index in [0.717, 1.165) is 0 Å². The van der Waals surface area contributed by atoms with Crippen LogP contribution in [0.2, 0.25) is 0 Å². The maximum absolute atomic E-state index is 14.9. The molecule has 2 heterocycles. The maximum atomic E-state index is 14.9. The summed E-state index contributed by atoms with van der Waals surface area (Å²) >= 11 is 0. The van der Waals surface area contributed by atoms with Crippen LogP contribution in [0.1, 0.15) is 17.6 Å². The Bertz CT molecular complexity index is 1030. The molecular formula is C19H19F3N6O3. The number of ether oxygens (including phenoxy) is 1. The molecule has 1 aliphatic rings. The summed E-state index contributed by atoms with van der Waals surface area (Å²) < 4.78 is 47.1. The minimum absolute atomic E-state index is 0.0162. The number of rotatable bonds is 6. The highest BCUT2D eigenvalue weighted by molar-refractivity contribution is 5.99. The summed E-state index contributed by atoms with van der Waals surface area (Å²) in [4.78, 5) is 25.0. The van der Waals surface area contributed by atoms with Crippen LogP contribution in [0.3, 0.4) is 0 Å². The lowest BCUT2D eigenvalue weighted by molar-refractivity contribution is 0.149. The number of pyridine rings is 1. The second-order valence-corrected chi connectivity index (χ2v) is 6.50. The van der Waals surface area contributed by atoms with Crippen molar-refractivity contribution in [1.29, 1.82) is 0 Å². The molecule has 1 amide bonds. The summed E-state index contributed by atoms with van der Waals surface area (Å²) in [6, 6.07) is 5.48. The third-order valence-electron chi connectivity index (χ3n) is 4.36. The summed E-state index contributed by atoms with van der Waals surface area (Å²) in [6.45, 7) is 0.174. The summed E-state index contributed by atoms with van der Waals surface area (Å²) in [7, 11) is 1.40. The van der Waals surface area contributed by atoms with Crippen molar-refractivity contribution in [3.63, 3.8) is 0 Å². The fraction of sp³-hybridized carbons (Fsp3) is 0.263. The monoisotopic (exact) mass is 436 g/mol. The first-order chi connectivity index (χ1) is 14.8. The first-order valence-electron chi connectivity index (χ1n) is 8.96. The van der Waals surface area contributed by atoms with E-state index in [0.29, 0.717) is 18.8 Å². The van der Waals surface area contributed by atoms with E-state index < -0.39 is 30.9 Å². The van der Waals surface area contributed by atoms with Gasteiger partial charge >= 0.3 is 6.09 Å². The molecule has 164 valence electrons. The number of nitrogens with zero attached hydrogens (tertiary/aromatic N) is 4. The predicted octanol–water partition coefficient (Wildman–Crippen LogP) is 2.56. The Kier molecular flexibility index (Phi) is 6.58. The van der Waals surface area contributed by atoms with Crippen molar-refractivity contribution in [3.05, 3.63) is 47.4 Å². The first-order valence-corrected chi connectivity index (χ1v) is 8.96. The zero-order chi connectivity index (χ0) is 22.5. The number of anilines is 1. The summed E-state index contributed by atoms with van der Waals surface area (Å²) in [6.07, 6.45) is -2.60. The van der Waals surface area contributed by atoms with E-state index in [4.69, 9.17) is 16.2 Å². The molecule has 1 saturated heterocycles. The van der Waals surface area contributed by atoms with Gasteiger partial charge in [0.05, 0.1) is 24.4 Å². The van der Waals surface area contributed by atoms with Crippen LogP contribution < -0.4 is 16.4 Å². The van der Waals surface area contributed by atoms with Crippen molar-refractivity contribution in [1.82, 2.24) is 4.98 Å². The number of carbonyl (C=O) groups excluding carboxylic acids is 1. The molecule has 9 nitrogen and oxygen atoms in total. The van der Waals surface area contributed by atoms with Gasteiger partial charge in [0.15, 0.2) is 5.96 Å².